The number of fused-ring (bicyclic) bond motifs is 8. The van der Waals surface area contributed by atoms with Crippen LogP contribution in [0, 0.1) is 17.0 Å². The lowest BCUT2D eigenvalue weighted by Crippen LogP contribution is -2.29. The fourth-order valence-electron chi connectivity index (χ4n) is 7.13. The first-order chi connectivity index (χ1) is 23.1. The number of hydrogen-bond donors (Lipinski definition) is 2. The fourth-order valence-corrected chi connectivity index (χ4v) is 9.12. The molecule has 2 aromatic heterocycles. The summed E-state index contributed by atoms with van der Waals surface area (Å²) in [4.78, 5) is 19.2. The number of halogens is 2. The smallest absolute Gasteiger partial charge is 0.328 e. The molecule has 1 unspecified atom stereocenters. The molecule has 0 aliphatic carbocycles. The standard InChI is InChI=1S/C38H40F2N4O4S/c1-37(2)15-6-16-38(3,26-8-5-7-24(19-26)10-12-34(45)46)36-42-35(44(4)43-36)30-21-25(9-11-31(30)39)20-29-27(14-18-49(47,48)23-37)28-13-17-41-33(28)22-32(29)40/h5,7-13,17,19,21-22,41H,6,14-16,18,20,23H2,1-4H3,(H,45,46)/b12-10+. The summed E-state index contributed by atoms with van der Waals surface area (Å²) < 4.78 is 60.2. The number of sulfone groups is 1. The van der Waals surface area contributed by atoms with Crippen molar-refractivity contribution in [2.24, 2.45) is 12.5 Å². The molecule has 256 valence electrons. The highest BCUT2D eigenvalue weighted by molar-refractivity contribution is 7.91. The summed E-state index contributed by atoms with van der Waals surface area (Å²) in [5.74, 6) is -1.41. The SMILES string of the molecule is Cn1nc2nc1-c1cc(ccc1F)Cc1c(F)cc3[nH]ccc3c1CCS(=O)(=O)CC(C)(C)CCCC2(C)c1cccc(/C=C/C(=O)O)c1. The number of benzene rings is 3. The van der Waals surface area contributed by atoms with E-state index >= 15 is 8.78 Å². The van der Waals surface area contributed by atoms with E-state index in [0.29, 0.717) is 58.7 Å². The highest BCUT2D eigenvalue weighted by Gasteiger charge is 2.36. The van der Waals surface area contributed by atoms with E-state index in [1.807, 2.05) is 51.1 Å². The molecule has 4 bridgehead atoms. The van der Waals surface area contributed by atoms with Crippen LogP contribution in [-0.4, -0.2) is 50.7 Å². The molecule has 0 spiro atoms. The second kappa shape index (κ2) is 13.0. The first-order valence-electron chi connectivity index (χ1n) is 16.3. The molecule has 1 aliphatic heterocycles. The third-order valence-corrected chi connectivity index (χ3v) is 11.7. The lowest BCUT2D eigenvalue weighted by atomic mass is 9.75. The zero-order valence-electron chi connectivity index (χ0n) is 28.1. The van der Waals surface area contributed by atoms with Gasteiger partial charge in [-0.05, 0) is 89.8 Å². The second-order valence-corrected chi connectivity index (χ2v) is 16.3. The quantitative estimate of drug-likeness (QED) is 0.191. The van der Waals surface area contributed by atoms with Gasteiger partial charge < -0.3 is 10.1 Å². The number of aliphatic carboxylic acids is 1. The van der Waals surface area contributed by atoms with Gasteiger partial charge in [-0.2, -0.15) is 5.10 Å². The van der Waals surface area contributed by atoms with Crippen LogP contribution in [0.2, 0.25) is 0 Å². The van der Waals surface area contributed by atoms with E-state index in [9.17, 15) is 18.3 Å². The topological polar surface area (TPSA) is 118 Å². The van der Waals surface area contributed by atoms with Gasteiger partial charge in [0.05, 0.1) is 22.5 Å². The minimum absolute atomic E-state index is 0.0274. The maximum Gasteiger partial charge on any atom is 0.328 e. The maximum absolute atomic E-state index is 15.8. The second-order valence-electron chi connectivity index (χ2n) is 14.1. The highest BCUT2D eigenvalue weighted by atomic mass is 32.2. The van der Waals surface area contributed by atoms with Crippen LogP contribution in [-0.2, 0) is 39.9 Å². The van der Waals surface area contributed by atoms with E-state index in [1.54, 1.807) is 30.1 Å². The summed E-state index contributed by atoms with van der Waals surface area (Å²) in [6, 6.07) is 15.3. The summed E-state index contributed by atoms with van der Waals surface area (Å²) in [5, 5.41) is 14.8. The number of rotatable bonds is 3. The number of nitrogens with one attached hydrogen (secondary N) is 1. The number of nitrogens with zero attached hydrogens (tertiary/aromatic N) is 3. The summed E-state index contributed by atoms with van der Waals surface area (Å²) in [6.45, 7) is 5.90. The Balaban J connectivity index is 1.51. The van der Waals surface area contributed by atoms with Crippen molar-refractivity contribution < 1.29 is 27.1 Å². The van der Waals surface area contributed by atoms with Crippen LogP contribution < -0.4 is 0 Å². The Hall–Kier alpha value is -4.64. The zero-order chi connectivity index (χ0) is 35.1. The summed E-state index contributed by atoms with van der Waals surface area (Å²) >= 11 is 0. The average molecular weight is 687 g/mol. The number of aromatic amines is 1. The first kappa shape index (κ1) is 34.2. The van der Waals surface area contributed by atoms with E-state index in [1.165, 1.54) is 18.2 Å². The van der Waals surface area contributed by atoms with Crippen LogP contribution in [0.5, 0.6) is 0 Å². The molecule has 3 aromatic carbocycles. The van der Waals surface area contributed by atoms with Gasteiger partial charge in [-0.25, -0.2) is 31.7 Å². The molecule has 0 saturated carbocycles. The third kappa shape index (κ3) is 7.22. The Bertz CT molecular complexity index is 2200. The summed E-state index contributed by atoms with van der Waals surface area (Å²) in [7, 11) is -1.83. The van der Waals surface area contributed by atoms with Crippen LogP contribution in [0.1, 0.15) is 73.7 Å². The predicted molar refractivity (Wildman–Crippen MR) is 187 cm³/mol. The Morgan fingerprint density at radius 1 is 1.02 bits per heavy atom. The van der Waals surface area contributed by atoms with Crippen LogP contribution in [0.4, 0.5) is 8.78 Å². The van der Waals surface area contributed by atoms with Crippen molar-refractivity contribution in [3.63, 3.8) is 0 Å². The van der Waals surface area contributed by atoms with Gasteiger partial charge >= 0.3 is 5.97 Å². The molecular weight excluding hydrogens is 647 g/mol. The number of aromatic nitrogens is 4. The Kier molecular flexibility index (Phi) is 9.08. The number of aryl methyl sites for hydroxylation is 2. The molecule has 6 rings (SSSR count). The molecule has 5 aromatic rings. The van der Waals surface area contributed by atoms with Crippen LogP contribution in [0.3, 0.4) is 0 Å². The van der Waals surface area contributed by atoms with Crippen LogP contribution >= 0.6 is 0 Å². The van der Waals surface area contributed by atoms with Gasteiger partial charge in [0.25, 0.3) is 0 Å². The monoisotopic (exact) mass is 686 g/mol. The Morgan fingerprint density at radius 2 is 1.82 bits per heavy atom. The molecule has 3 heterocycles. The molecule has 0 fully saturated rings. The summed E-state index contributed by atoms with van der Waals surface area (Å²) in [6.07, 6.45) is 6.34. The molecule has 11 heteroatoms. The predicted octanol–water partition coefficient (Wildman–Crippen LogP) is 7.40. The van der Waals surface area contributed by atoms with Gasteiger partial charge in [-0.3, -0.25) is 0 Å². The van der Waals surface area contributed by atoms with E-state index in [0.717, 1.165) is 17.0 Å². The number of hydrogen-bond acceptors (Lipinski definition) is 5. The molecule has 0 radical (unpaired) electrons. The van der Waals surface area contributed by atoms with Gasteiger partial charge in [0.15, 0.2) is 21.5 Å². The van der Waals surface area contributed by atoms with Crippen molar-refractivity contribution >= 4 is 32.8 Å². The summed E-state index contributed by atoms with van der Waals surface area (Å²) in [5.41, 5.74) is 2.63. The molecule has 0 saturated heterocycles. The van der Waals surface area contributed by atoms with Gasteiger partial charge in [0, 0.05) is 36.6 Å². The molecule has 1 atom stereocenters. The molecular formula is C38H40F2N4O4S. The van der Waals surface area contributed by atoms with Crippen molar-refractivity contribution in [1.29, 1.82) is 0 Å². The number of carbonyl (C=O) groups is 1. The zero-order valence-corrected chi connectivity index (χ0v) is 28.9. The van der Waals surface area contributed by atoms with Crippen molar-refractivity contribution in [1.82, 2.24) is 19.7 Å². The lowest BCUT2D eigenvalue weighted by molar-refractivity contribution is -0.131. The van der Waals surface area contributed by atoms with Crippen molar-refractivity contribution in [3.8, 4) is 11.4 Å². The highest BCUT2D eigenvalue weighted by Crippen LogP contribution is 2.39. The van der Waals surface area contributed by atoms with Crippen molar-refractivity contribution in [2.45, 2.75) is 58.3 Å². The molecule has 2 N–H and O–H groups in total. The van der Waals surface area contributed by atoms with E-state index < -0.39 is 38.3 Å². The van der Waals surface area contributed by atoms with Gasteiger partial charge in [0.1, 0.15) is 11.6 Å². The van der Waals surface area contributed by atoms with E-state index in [4.69, 9.17) is 10.1 Å². The van der Waals surface area contributed by atoms with Gasteiger partial charge in [0.2, 0.25) is 0 Å². The number of H-pyrrole nitrogens is 1. The largest absolute Gasteiger partial charge is 0.478 e. The van der Waals surface area contributed by atoms with E-state index in [2.05, 4.69) is 4.98 Å². The van der Waals surface area contributed by atoms with Crippen molar-refractivity contribution in [2.75, 3.05) is 11.5 Å². The van der Waals surface area contributed by atoms with E-state index in [-0.39, 0.29) is 29.9 Å². The number of carboxylic acids is 1. The molecule has 49 heavy (non-hydrogen) atoms. The van der Waals surface area contributed by atoms with Gasteiger partial charge in [-0.15, -0.1) is 0 Å². The van der Waals surface area contributed by atoms with Gasteiger partial charge in [-0.1, -0.05) is 50.6 Å². The first-order valence-corrected chi connectivity index (χ1v) is 18.2. The minimum Gasteiger partial charge on any atom is -0.478 e. The lowest BCUT2D eigenvalue weighted by Gasteiger charge is -2.30. The molecule has 1 aliphatic rings. The maximum atomic E-state index is 15.8. The average Bonchev–Trinajstić information content (AvgIpc) is 3.66. The Morgan fingerprint density at radius 3 is 2.59 bits per heavy atom. The minimum atomic E-state index is -3.54. The van der Waals surface area contributed by atoms with Crippen molar-refractivity contribution in [3.05, 3.63) is 112 Å². The van der Waals surface area contributed by atoms with Crippen LogP contribution in [0.15, 0.2) is 66.9 Å². The third-order valence-electron chi connectivity index (χ3n) is 9.68. The van der Waals surface area contributed by atoms with Crippen LogP contribution in [0.25, 0.3) is 28.4 Å². The number of carboxylic acid groups (broad SMARTS) is 1. The fraction of sp³-hybridized carbons (Fsp3) is 0.342. The normalized spacial score (nSPS) is 19.7. The molecule has 8 nitrogen and oxygen atoms in total. The molecule has 0 amide bonds. The Labute approximate surface area is 284 Å².